The van der Waals surface area contributed by atoms with Crippen molar-refractivity contribution in [1.82, 2.24) is 30.5 Å². The first-order chi connectivity index (χ1) is 14.0. The first kappa shape index (κ1) is 19.3. The molecule has 0 bridgehead atoms. The highest BCUT2D eigenvalue weighted by Crippen LogP contribution is 2.20. The van der Waals surface area contributed by atoms with Crippen molar-refractivity contribution in [3.63, 3.8) is 0 Å². The van der Waals surface area contributed by atoms with Crippen molar-refractivity contribution < 1.29 is 9.90 Å². The summed E-state index contributed by atoms with van der Waals surface area (Å²) < 4.78 is 1.68. The molecule has 0 saturated heterocycles. The second kappa shape index (κ2) is 8.16. The number of aliphatic hydroxyl groups excluding tert-OH is 1. The summed E-state index contributed by atoms with van der Waals surface area (Å²) in [6, 6.07) is 7.63. The molecule has 3 aromatic rings. The molecule has 3 N–H and O–H groups in total. The van der Waals surface area contributed by atoms with Crippen molar-refractivity contribution >= 4 is 5.91 Å². The molecule has 8 heteroatoms. The third kappa shape index (κ3) is 4.37. The number of nitrogens with one attached hydrogen (secondary N) is 2. The molecule has 4 rings (SSSR count). The number of benzene rings is 1. The summed E-state index contributed by atoms with van der Waals surface area (Å²) in [5, 5.41) is 28.5. The van der Waals surface area contributed by atoms with Crippen LogP contribution in [0.15, 0.2) is 36.7 Å². The molecular formula is C21H26N6O2. The Labute approximate surface area is 169 Å². The number of hydrogen-bond donors (Lipinski definition) is 3. The average molecular weight is 394 g/mol. The molecule has 1 aliphatic carbocycles. The minimum absolute atomic E-state index is 0.0739. The first-order valence-corrected chi connectivity index (χ1v) is 9.98. The lowest BCUT2D eigenvalue weighted by molar-refractivity contribution is 0.0933. The molecule has 0 spiro atoms. The predicted molar refractivity (Wildman–Crippen MR) is 107 cm³/mol. The quantitative estimate of drug-likeness (QED) is 0.593. The van der Waals surface area contributed by atoms with Gasteiger partial charge in [-0.15, -0.1) is 5.10 Å². The van der Waals surface area contributed by atoms with E-state index in [1.807, 2.05) is 44.3 Å². The third-order valence-electron chi connectivity index (χ3n) is 5.38. The van der Waals surface area contributed by atoms with Crippen molar-refractivity contribution in [1.29, 1.82) is 0 Å². The summed E-state index contributed by atoms with van der Waals surface area (Å²) in [7, 11) is 0. The highest BCUT2D eigenvalue weighted by atomic mass is 16.3. The molecule has 1 aromatic carbocycles. The number of nitrogens with zero attached hydrogens (tertiary/aromatic N) is 4. The van der Waals surface area contributed by atoms with Gasteiger partial charge in [-0.2, -0.15) is 5.10 Å². The fourth-order valence-electron chi connectivity index (χ4n) is 3.67. The van der Waals surface area contributed by atoms with Gasteiger partial charge in [-0.05, 0) is 42.0 Å². The summed E-state index contributed by atoms with van der Waals surface area (Å²) in [5.41, 5.74) is 4.49. The lowest BCUT2D eigenvalue weighted by Gasteiger charge is -2.22. The molecule has 152 valence electrons. The Kier molecular flexibility index (Phi) is 5.44. The summed E-state index contributed by atoms with van der Waals surface area (Å²) in [5.74, 6) is -0.000811. The van der Waals surface area contributed by atoms with Gasteiger partial charge < -0.3 is 10.4 Å². The molecule has 0 saturated carbocycles. The Balaban J connectivity index is 1.40. The van der Waals surface area contributed by atoms with Crippen LogP contribution < -0.4 is 5.32 Å². The Hall–Kier alpha value is -3.00. The third-order valence-corrected chi connectivity index (χ3v) is 5.38. The number of carbonyl (C=O) groups excluding carboxylic acids is 1. The molecule has 1 amide bonds. The van der Waals surface area contributed by atoms with Crippen LogP contribution in [0.3, 0.4) is 0 Å². The molecule has 2 aromatic heterocycles. The molecule has 2 unspecified atom stereocenters. The molecule has 29 heavy (non-hydrogen) atoms. The van der Waals surface area contributed by atoms with E-state index < -0.39 is 6.10 Å². The maximum atomic E-state index is 12.7. The number of aromatic nitrogens is 5. The molecule has 0 fully saturated rings. The van der Waals surface area contributed by atoms with Gasteiger partial charge in [-0.25, -0.2) is 4.68 Å². The maximum Gasteiger partial charge on any atom is 0.251 e. The van der Waals surface area contributed by atoms with Crippen LogP contribution in [0.2, 0.25) is 0 Å². The van der Waals surface area contributed by atoms with Crippen molar-refractivity contribution in [2.24, 2.45) is 5.92 Å². The van der Waals surface area contributed by atoms with Gasteiger partial charge in [0.05, 0.1) is 18.9 Å². The van der Waals surface area contributed by atoms with E-state index in [1.54, 1.807) is 10.9 Å². The van der Waals surface area contributed by atoms with Gasteiger partial charge in [0.25, 0.3) is 5.91 Å². The summed E-state index contributed by atoms with van der Waals surface area (Å²) >= 11 is 0. The molecule has 8 nitrogen and oxygen atoms in total. The van der Waals surface area contributed by atoms with Crippen LogP contribution in [0, 0.1) is 5.92 Å². The van der Waals surface area contributed by atoms with E-state index in [0.717, 1.165) is 30.5 Å². The molecule has 1 aliphatic rings. The number of hydrogen-bond acceptors (Lipinski definition) is 5. The normalized spacial score (nSPS) is 17.2. The minimum atomic E-state index is -0.633. The zero-order chi connectivity index (χ0) is 20.4. The van der Waals surface area contributed by atoms with E-state index in [9.17, 15) is 9.90 Å². The number of aryl methyl sites for hydroxylation is 1. The number of rotatable bonds is 6. The zero-order valence-corrected chi connectivity index (χ0v) is 16.7. The highest BCUT2D eigenvalue weighted by Gasteiger charge is 2.22. The number of aliphatic hydroxyl groups is 1. The topological polar surface area (TPSA) is 109 Å². The van der Waals surface area contributed by atoms with Crippen molar-refractivity contribution in [2.75, 3.05) is 0 Å². The van der Waals surface area contributed by atoms with Gasteiger partial charge in [0, 0.05) is 23.7 Å². The van der Waals surface area contributed by atoms with Crippen LogP contribution in [0.25, 0.3) is 0 Å². The number of fused-ring (bicyclic) bond motifs is 1. The van der Waals surface area contributed by atoms with Gasteiger partial charge in [-0.3, -0.25) is 9.89 Å². The molecule has 2 heterocycles. The summed E-state index contributed by atoms with van der Waals surface area (Å²) in [6.45, 7) is 4.36. The lowest BCUT2D eigenvalue weighted by atomic mass is 9.93. The van der Waals surface area contributed by atoms with Crippen molar-refractivity contribution in [2.45, 2.75) is 51.8 Å². The van der Waals surface area contributed by atoms with Gasteiger partial charge in [0.15, 0.2) is 0 Å². The Morgan fingerprint density at radius 1 is 1.41 bits per heavy atom. The van der Waals surface area contributed by atoms with Crippen molar-refractivity contribution in [3.05, 3.63) is 64.7 Å². The van der Waals surface area contributed by atoms with E-state index in [2.05, 4.69) is 25.8 Å². The number of amides is 1. The van der Waals surface area contributed by atoms with E-state index in [1.165, 1.54) is 5.56 Å². The Morgan fingerprint density at radius 2 is 2.28 bits per heavy atom. The zero-order valence-electron chi connectivity index (χ0n) is 16.7. The van der Waals surface area contributed by atoms with Crippen LogP contribution >= 0.6 is 0 Å². The summed E-state index contributed by atoms with van der Waals surface area (Å²) in [6.07, 6.45) is 5.60. The maximum absolute atomic E-state index is 12.7. The Bertz CT molecular complexity index is 992. The van der Waals surface area contributed by atoms with Crippen LogP contribution in [0.4, 0.5) is 0 Å². The smallest absolute Gasteiger partial charge is 0.251 e. The second-order valence-corrected chi connectivity index (χ2v) is 8.02. The molecular weight excluding hydrogens is 368 g/mol. The SMILES string of the molecule is CC(C)C(O)c1cn(Cc2cccc(C(=O)NC3CCc4cn[nH]c4C3)c2)nn1. The second-order valence-electron chi connectivity index (χ2n) is 8.02. The monoisotopic (exact) mass is 394 g/mol. The van der Waals surface area contributed by atoms with Crippen LogP contribution in [0.5, 0.6) is 0 Å². The Morgan fingerprint density at radius 3 is 3.10 bits per heavy atom. The largest absolute Gasteiger partial charge is 0.386 e. The molecule has 0 radical (unpaired) electrons. The van der Waals surface area contributed by atoms with Crippen molar-refractivity contribution in [3.8, 4) is 0 Å². The molecule has 2 atom stereocenters. The predicted octanol–water partition coefficient (Wildman–Crippen LogP) is 2.03. The van der Waals surface area contributed by atoms with Gasteiger partial charge >= 0.3 is 0 Å². The van der Waals surface area contributed by atoms with Gasteiger partial charge in [-0.1, -0.05) is 31.2 Å². The summed E-state index contributed by atoms with van der Waals surface area (Å²) in [4.78, 5) is 12.7. The van der Waals surface area contributed by atoms with E-state index in [4.69, 9.17) is 0 Å². The number of carbonyl (C=O) groups is 1. The van der Waals surface area contributed by atoms with Gasteiger partial charge in [0.2, 0.25) is 0 Å². The lowest BCUT2D eigenvalue weighted by Crippen LogP contribution is -2.38. The van der Waals surface area contributed by atoms with Gasteiger partial charge in [0.1, 0.15) is 11.8 Å². The van der Waals surface area contributed by atoms with E-state index in [0.29, 0.717) is 17.8 Å². The standard InChI is InChI=1S/C21H26N6O2/c1-13(2)20(28)19-12-27(26-25-19)11-14-4-3-5-15(8-14)21(29)23-17-7-6-16-10-22-24-18(16)9-17/h3-5,8,10,12-13,17,20,28H,6-7,9,11H2,1-2H3,(H,22,24)(H,23,29). The van der Waals surface area contributed by atoms with Crippen LogP contribution in [-0.4, -0.2) is 42.2 Å². The average Bonchev–Trinajstić information content (AvgIpc) is 3.36. The highest BCUT2D eigenvalue weighted by molar-refractivity contribution is 5.94. The number of H-pyrrole nitrogens is 1. The van der Waals surface area contributed by atoms with Crippen LogP contribution in [0.1, 0.15) is 59.2 Å². The first-order valence-electron chi connectivity index (χ1n) is 9.98. The van der Waals surface area contributed by atoms with E-state index in [-0.39, 0.29) is 17.9 Å². The fraction of sp³-hybridized carbons (Fsp3) is 0.429. The number of aromatic amines is 1. The van der Waals surface area contributed by atoms with Crippen LogP contribution in [-0.2, 0) is 19.4 Å². The van der Waals surface area contributed by atoms with E-state index >= 15 is 0 Å². The molecule has 0 aliphatic heterocycles. The minimum Gasteiger partial charge on any atom is -0.386 e. The fourth-order valence-corrected chi connectivity index (χ4v) is 3.67.